The number of rotatable bonds is 7. The highest BCUT2D eigenvalue weighted by molar-refractivity contribution is 8.16. The molecule has 2 aliphatic rings. The summed E-state index contributed by atoms with van der Waals surface area (Å²) in [6.07, 6.45) is 4.06. The van der Waals surface area contributed by atoms with Crippen molar-refractivity contribution in [3.63, 3.8) is 0 Å². The Hall–Kier alpha value is -7.48. The molecule has 26 heteroatoms. The second-order valence-corrected chi connectivity index (χ2v) is 21.8. The van der Waals surface area contributed by atoms with E-state index in [4.69, 9.17) is 9.47 Å². The summed E-state index contributed by atoms with van der Waals surface area (Å²) in [6.45, 7) is 7.69. The number of likely N-dealkylation sites (N-methyl/N-ethyl adjacent to an activating group) is 4. The van der Waals surface area contributed by atoms with Crippen LogP contribution in [0, 0.1) is 11.8 Å². The molecule has 4 N–H and O–H groups in total. The van der Waals surface area contributed by atoms with Crippen LogP contribution >= 0.6 is 23.5 Å². The number of para-hydroxylation sites is 4. The number of fused-ring (bicyclic) bond motifs is 6. The summed E-state index contributed by atoms with van der Waals surface area (Å²) < 4.78 is 10.5. The molecule has 8 amide bonds. The topological polar surface area (TPSA) is 302 Å². The molecule has 0 saturated carbocycles. The summed E-state index contributed by atoms with van der Waals surface area (Å²) in [7, 11) is 5.32. The van der Waals surface area contributed by atoms with Crippen LogP contribution in [0.1, 0.15) is 62.5 Å². The van der Waals surface area contributed by atoms with Crippen molar-refractivity contribution in [3.05, 3.63) is 72.3 Å². The molecular weight excluding hydrogens is 1040 g/mol. The van der Waals surface area contributed by atoms with Gasteiger partial charge < -0.3 is 50.3 Å². The van der Waals surface area contributed by atoms with Crippen molar-refractivity contribution in [3.8, 4) is 0 Å². The Bertz CT molecular complexity index is 2930. The molecule has 77 heavy (non-hydrogen) atoms. The van der Waals surface area contributed by atoms with Gasteiger partial charge in [-0.3, -0.25) is 48.3 Å². The van der Waals surface area contributed by atoms with Crippen LogP contribution in [0.3, 0.4) is 0 Å². The van der Waals surface area contributed by atoms with Crippen LogP contribution in [-0.4, -0.2) is 205 Å². The van der Waals surface area contributed by atoms with Gasteiger partial charge in [0.25, 0.3) is 11.8 Å². The first-order valence-corrected chi connectivity index (χ1v) is 27.0. The minimum absolute atomic E-state index is 0.182. The first kappa shape index (κ1) is 58.8. The number of nitrogens with zero attached hydrogens (tertiary/aromatic N) is 8. The Morgan fingerprint density at radius 2 is 1.01 bits per heavy atom. The second-order valence-electron chi connectivity index (χ2n) is 19.3. The van der Waals surface area contributed by atoms with Crippen LogP contribution in [0.15, 0.2) is 60.9 Å². The zero-order valence-electron chi connectivity index (χ0n) is 44.5. The van der Waals surface area contributed by atoms with Crippen molar-refractivity contribution in [1.29, 1.82) is 0 Å². The lowest BCUT2D eigenvalue weighted by Gasteiger charge is -2.40. The van der Waals surface area contributed by atoms with E-state index in [0.29, 0.717) is 22.1 Å². The summed E-state index contributed by atoms with van der Waals surface area (Å²) in [5.74, 6) is -10.4. The Kier molecular flexibility index (Phi) is 19.5. The fourth-order valence-corrected chi connectivity index (χ4v) is 11.4. The maximum atomic E-state index is 15.2. The highest BCUT2D eigenvalue weighted by Crippen LogP contribution is 2.32. The van der Waals surface area contributed by atoms with Gasteiger partial charge in [0, 0.05) is 33.9 Å². The van der Waals surface area contributed by atoms with Gasteiger partial charge >= 0.3 is 11.9 Å². The van der Waals surface area contributed by atoms with E-state index >= 15 is 9.59 Å². The molecule has 24 nitrogen and oxygen atoms in total. The number of hydrogen-bond acceptors (Lipinski definition) is 18. The van der Waals surface area contributed by atoms with E-state index in [1.165, 1.54) is 54.4 Å². The van der Waals surface area contributed by atoms with E-state index in [9.17, 15) is 38.4 Å². The third-order valence-corrected chi connectivity index (χ3v) is 16.0. The molecular formula is C51H64N12O12S2. The number of cyclic esters (lactones) is 2. The summed E-state index contributed by atoms with van der Waals surface area (Å²) in [5, 5.41) is 10.2. The number of carbonyl (C=O) groups excluding carboxylic acids is 10. The summed E-state index contributed by atoms with van der Waals surface area (Å²) in [4.78, 5) is 166. The molecule has 0 radical (unpaired) electrons. The number of esters is 2. The molecule has 2 bridgehead atoms. The zero-order chi connectivity index (χ0) is 56.6. The van der Waals surface area contributed by atoms with E-state index in [0.717, 1.165) is 43.1 Å². The molecule has 412 valence electrons. The molecule has 6 rings (SSSR count). The molecule has 0 unspecified atom stereocenters. The minimum atomic E-state index is -1.66. The Labute approximate surface area is 453 Å². The highest BCUT2D eigenvalue weighted by atomic mass is 32.2. The number of ether oxygens (including phenoxy) is 2. The molecule has 2 fully saturated rings. The van der Waals surface area contributed by atoms with Crippen LogP contribution in [-0.2, 0) is 47.8 Å². The van der Waals surface area contributed by atoms with Crippen molar-refractivity contribution in [2.45, 2.75) is 94.5 Å². The maximum absolute atomic E-state index is 15.2. The molecule has 2 aromatic carbocycles. The lowest BCUT2D eigenvalue weighted by Crippen LogP contribution is -2.60. The molecule has 0 spiro atoms. The predicted molar refractivity (Wildman–Crippen MR) is 284 cm³/mol. The summed E-state index contributed by atoms with van der Waals surface area (Å²) in [6, 6.07) is 1.79. The van der Waals surface area contributed by atoms with Gasteiger partial charge in [0.15, 0.2) is 0 Å². The average molecular weight is 1100 g/mol. The molecule has 2 aromatic heterocycles. The first-order chi connectivity index (χ1) is 36.4. The quantitative estimate of drug-likeness (QED) is 0.185. The van der Waals surface area contributed by atoms with Crippen LogP contribution in [0.5, 0.6) is 0 Å². The minimum Gasteiger partial charge on any atom is -0.461 e. The van der Waals surface area contributed by atoms with Gasteiger partial charge in [0.1, 0.15) is 72.9 Å². The van der Waals surface area contributed by atoms with Crippen molar-refractivity contribution in [2.75, 3.05) is 53.4 Å². The summed E-state index contributed by atoms with van der Waals surface area (Å²) in [5.41, 5.74) is 1.38. The number of nitrogens with one attached hydrogen (secondary N) is 4. The second kappa shape index (κ2) is 25.6. The third kappa shape index (κ3) is 13.6. The van der Waals surface area contributed by atoms with Crippen molar-refractivity contribution >= 4 is 105 Å². The Morgan fingerprint density at radius 3 is 1.43 bits per heavy atom. The third-order valence-electron chi connectivity index (χ3n) is 13.2. The molecule has 9 atom stereocenters. The van der Waals surface area contributed by atoms with Crippen LogP contribution in [0.2, 0.25) is 0 Å². The van der Waals surface area contributed by atoms with Gasteiger partial charge in [-0.25, -0.2) is 19.6 Å². The fraction of sp³-hybridized carbons (Fsp3) is 0.490. The van der Waals surface area contributed by atoms with E-state index < -0.39 is 137 Å². The van der Waals surface area contributed by atoms with Crippen LogP contribution in [0.25, 0.3) is 22.1 Å². The number of hydrogen-bond donors (Lipinski definition) is 4. The van der Waals surface area contributed by atoms with Crippen molar-refractivity contribution in [2.24, 2.45) is 11.8 Å². The SMILES string of the molecule is CS[C@H]1SC[C@@H]2C(=O)N(C)[C@@H](C(C)C)C(=O)OC[C@@H](NC(=O)c3cnc4ccccc4n3)C(=O)N[C@@H](C)C(=O)N(C)[C@@H]1C(=O)N(C)[C@H](C(C)C)C(=O)OC[C@@H](NC(=O)c1cnc3ccccc3n1)C(=O)N[C@H](C)C(=O)N2C. The number of benzene rings is 2. The van der Waals surface area contributed by atoms with E-state index in [1.807, 2.05) is 0 Å². The van der Waals surface area contributed by atoms with Gasteiger partial charge in [-0.15, -0.1) is 23.5 Å². The summed E-state index contributed by atoms with van der Waals surface area (Å²) >= 11 is 2.16. The average Bonchev–Trinajstić information content (AvgIpc) is 3.40. The molecule has 4 aromatic rings. The number of carbonyl (C=O) groups is 10. The molecule has 2 aliphatic heterocycles. The van der Waals surface area contributed by atoms with Gasteiger partial charge in [0.2, 0.25) is 35.4 Å². The number of thioether (sulfide) groups is 2. The Balaban J connectivity index is 1.43. The molecule has 2 saturated heterocycles. The predicted octanol–water partition coefficient (Wildman–Crippen LogP) is 0.635. The lowest BCUT2D eigenvalue weighted by molar-refractivity contribution is -0.160. The normalized spacial score (nSPS) is 25.4. The van der Waals surface area contributed by atoms with Gasteiger partial charge in [-0.2, -0.15) is 0 Å². The van der Waals surface area contributed by atoms with E-state index in [1.54, 1.807) is 82.5 Å². The van der Waals surface area contributed by atoms with Gasteiger partial charge in [-0.1, -0.05) is 52.0 Å². The fourth-order valence-electron chi connectivity index (χ4n) is 8.88. The van der Waals surface area contributed by atoms with E-state index in [-0.39, 0.29) is 17.1 Å². The highest BCUT2D eigenvalue weighted by Gasteiger charge is 2.45. The largest absolute Gasteiger partial charge is 0.461 e. The lowest BCUT2D eigenvalue weighted by atomic mass is 10.0. The van der Waals surface area contributed by atoms with Crippen molar-refractivity contribution < 1.29 is 57.4 Å². The smallest absolute Gasteiger partial charge is 0.329 e. The van der Waals surface area contributed by atoms with Crippen molar-refractivity contribution in [1.82, 2.24) is 60.8 Å². The first-order valence-electron chi connectivity index (χ1n) is 24.7. The van der Waals surface area contributed by atoms with E-state index in [2.05, 4.69) is 41.2 Å². The van der Waals surface area contributed by atoms with Gasteiger partial charge in [0.05, 0.1) is 39.0 Å². The monoisotopic (exact) mass is 1100 g/mol. The Morgan fingerprint density at radius 1 is 0.610 bits per heavy atom. The van der Waals surface area contributed by atoms with Crippen LogP contribution in [0.4, 0.5) is 0 Å². The number of aromatic nitrogens is 4. The van der Waals surface area contributed by atoms with Crippen LogP contribution < -0.4 is 21.3 Å². The number of amides is 8. The zero-order valence-corrected chi connectivity index (χ0v) is 46.2. The maximum Gasteiger partial charge on any atom is 0.329 e. The standard InChI is InChI=1S/C51H64N12O12S2/c1-25(2)38-49(72)74-22-36(59-42(65)34-21-53-30-17-13-15-19-32(30)57-34)44(67)55-28(6)46(69)63(10)40-48(71)62(9)39(26(3)4)50(73)75-23-35(58-41(64)33-20-52-29-16-12-14-18-31(29)56-33)43(66)54-27(5)45(68)60(7)37(47(70)61(38)8)24-77-51(40)76-11/h12-21,25-28,35-40,51H,22-24H2,1-11H3,(H,54,66)(H,55,67)(H,58,64)(H,59,65)/t27-,28+,35-,36-,37-,38+,39-,40-,51+/m1/s1. The molecule has 4 heterocycles. The van der Waals surface area contributed by atoms with Gasteiger partial charge in [-0.05, 0) is 56.2 Å². The molecule has 0 aliphatic carbocycles.